The van der Waals surface area contributed by atoms with Crippen LogP contribution in [0.15, 0.2) is 18.2 Å². The fraction of sp³-hybridized carbons (Fsp3) is 0.571. The van der Waals surface area contributed by atoms with Crippen LogP contribution in [0, 0.1) is 12.8 Å². The first kappa shape index (κ1) is 11.3. The quantitative estimate of drug-likeness (QED) is 0.772. The van der Waals surface area contributed by atoms with Crippen molar-refractivity contribution in [2.75, 3.05) is 23.7 Å². The van der Waals surface area contributed by atoms with E-state index in [1.807, 2.05) is 6.07 Å². The maximum Gasteiger partial charge on any atom is 0.0416 e. The van der Waals surface area contributed by atoms with Crippen LogP contribution in [0.3, 0.4) is 0 Å². The van der Waals surface area contributed by atoms with Crippen molar-refractivity contribution in [3.8, 4) is 0 Å². The summed E-state index contributed by atoms with van der Waals surface area (Å²) in [4.78, 5) is 2.50. The normalized spacial score (nSPS) is 21.1. The second-order valence-electron chi connectivity index (χ2n) is 4.91. The molecule has 0 spiro atoms. The fourth-order valence-corrected chi connectivity index (χ4v) is 2.58. The summed E-state index contributed by atoms with van der Waals surface area (Å²) in [6, 6.07) is 6.23. The van der Waals surface area contributed by atoms with E-state index in [1.54, 1.807) is 0 Å². The molecule has 1 aromatic carbocycles. The standard InChI is InChI=1S/C14H22N2/c1-3-12-5-4-8-16(10-12)14-9-13(15)7-6-11(14)2/h6-7,9,12H,3-5,8,10,15H2,1-2H3. The summed E-state index contributed by atoms with van der Waals surface area (Å²) in [5, 5.41) is 0. The first-order valence-electron chi connectivity index (χ1n) is 6.31. The first-order valence-corrected chi connectivity index (χ1v) is 6.31. The molecule has 88 valence electrons. The molecule has 0 aromatic heterocycles. The van der Waals surface area contributed by atoms with Gasteiger partial charge in [-0.1, -0.05) is 19.4 Å². The van der Waals surface area contributed by atoms with E-state index in [9.17, 15) is 0 Å². The van der Waals surface area contributed by atoms with Gasteiger partial charge in [0.05, 0.1) is 0 Å². The Kier molecular flexibility index (Phi) is 3.37. The number of nitrogens with zero attached hydrogens (tertiary/aromatic N) is 1. The number of nitrogens with two attached hydrogens (primary N) is 1. The second kappa shape index (κ2) is 4.77. The van der Waals surface area contributed by atoms with Crippen LogP contribution in [0.25, 0.3) is 0 Å². The highest BCUT2D eigenvalue weighted by atomic mass is 15.1. The summed E-state index contributed by atoms with van der Waals surface area (Å²) in [5.41, 5.74) is 9.42. The first-order chi connectivity index (χ1) is 7.70. The molecule has 1 aliphatic heterocycles. The Bertz CT molecular complexity index is 360. The number of nitrogen functional groups attached to an aromatic ring is 1. The molecule has 0 radical (unpaired) electrons. The number of piperidine rings is 1. The van der Waals surface area contributed by atoms with Crippen molar-refractivity contribution < 1.29 is 0 Å². The number of benzene rings is 1. The Labute approximate surface area is 98.4 Å². The van der Waals surface area contributed by atoms with Crippen LogP contribution in [0.5, 0.6) is 0 Å². The monoisotopic (exact) mass is 218 g/mol. The van der Waals surface area contributed by atoms with Crippen molar-refractivity contribution in [2.24, 2.45) is 5.92 Å². The van der Waals surface area contributed by atoms with Gasteiger partial charge in [0.1, 0.15) is 0 Å². The smallest absolute Gasteiger partial charge is 0.0416 e. The van der Waals surface area contributed by atoms with Crippen molar-refractivity contribution in [1.29, 1.82) is 0 Å². The van der Waals surface area contributed by atoms with Gasteiger partial charge in [0, 0.05) is 24.5 Å². The molecular weight excluding hydrogens is 196 g/mol. The lowest BCUT2D eigenvalue weighted by Crippen LogP contribution is -2.35. The molecule has 16 heavy (non-hydrogen) atoms. The summed E-state index contributed by atoms with van der Waals surface area (Å²) in [5.74, 6) is 0.856. The third kappa shape index (κ3) is 2.31. The molecule has 0 aliphatic carbocycles. The van der Waals surface area contributed by atoms with E-state index in [2.05, 4.69) is 30.9 Å². The highest BCUT2D eigenvalue weighted by Gasteiger charge is 2.19. The van der Waals surface area contributed by atoms with Gasteiger partial charge in [-0.05, 0) is 43.4 Å². The minimum Gasteiger partial charge on any atom is -0.399 e. The third-order valence-corrected chi connectivity index (χ3v) is 3.67. The summed E-state index contributed by atoms with van der Waals surface area (Å²) < 4.78 is 0. The molecular formula is C14H22N2. The number of hydrogen-bond acceptors (Lipinski definition) is 2. The Balaban J connectivity index is 2.19. The Hall–Kier alpha value is -1.18. The Morgan fingerprint density at radius 3 is 3.00 bits per heavy atom. The van der Waals surface area contributed by atoms with Gasteiger partial charge in [-0.2, -0.15) is 0 Å². The van der Waals surface area contributed by atoms with Crippen LogP contribution in [0.4, 0.5) is 11.4 Å². The van der Waals surface area contributed by atoms with Crippen LogP contribution < -0.4 is 10.6 Å². The van der Waals surface area contributed by atoms with Gasteiger partial charge in [-0.3, -0.25) is 0 Å². The van der Waals surface area contributed by atoms with Crippen LogP contribution in [0.2, 0.25) is 0 Å². The zero-order valence-corrected chi connectivity index (χ0v) is 10.4. The fourth-order valence-electron chi connectivity index (χ4n) is 2.58. The zero-order chi connectivity index (χ0) is 11.5. The van der Waals surface area contributed by atoms with Crippen molar-refractivity contribution in [1.82, 2.24) is 0 Å². The third-order valence-electron chi connectivity index (χ3n) is 3.67. The number of aryl methyl sites for hydroxylation is 1. The van der Waals surface area contributed by atoms with Crippen LogP contribution in [0.1, 0.15) is 31.7 Å². The number of anilines is 2. The van der Waals surface area contributed by atoms with E-state index in [0.717, 1.165) is 11.6 Å². The predicted octanol–water partition coefficient (Wildman–Crippen LogP) is 3.20. The van der Waals surface area contributed by atoms with Gasteiger partial charge in [-0.25, -0.2) is 0 Å². The molecule has 2 nitrogen and oxygen atoms in total. The molecule has 1 saturated heterocycles. The van der Waals surface area contributed by atoms with Crippen molar-refractivity contribution >= 4 is 11.4 Å². The lowest BCUT2D eigenvalue weighted by atomic mass is 9.95. The molecule has 2 heteroatoms. The van der Waals surface area contributed by atoms with Crippen LogP contribution in [-0.2, 0) is 0 Å². The SMILES string of the molecule is CCC1CCCN(c2cc(N)ccc2C)C1. The average molecular weight is 218 g/mol. The van der Waals surface area contributed by atoms with E-state index in [-0.39, 0.29) is 0 Å². The van der Waals surface area contributed by atoms with E-state index in [0.29, 0.717) is 0 Å². The lowest BCUT2D eigenvalue weighted by Gasteiger charge is -2.35. The van der Waals surface area contributed by atoms with Crippen molar-refractivity contribution in [3.63, 3.8) is 0 Å². The maximum atomic E-state index is 5.87. The maximum absolute atomic E-state index is 5.87. The minimum absolute atomic E-state index is 0.856. The Morgan fingerprint density at radius 2 is 2.25 bits per heavy atom. The van der Waals surface area contributed by atoms with Crippen molar-refractivity contribution in [2.45, 2.75) is 33.1 Å². The Morgan fingerprint density at radius 1 is 1.44 bits per heavy atom. The molecule has 0 amide bonds. The number of hydrogen-bond donors (Lipinski definition) is 1. The number of rotatable bonds is 2. The van der Waals surface area contributed by atoms with E-state index >= 15 is 0 Å². The van der Waals surface area contributed by atoms with E-state index in [1.165, 1.54) is 43.6 Å². The average Bonchev–Trinajstić information content (AvgIpc) is 2.32. The van der Waals surface area contributed by atoms with Crippen LogP contribution in [-0.4, -0.2) is 13.1 Å². The molecule has 1 aromatic rings. The van der Waals surface area contributed by atoms with Gasteiger partial charge < -0.3 is 10.6 Å². The zero-order valence-electron chi connectivity index (χ0n) is 10.4. The summed E-state index contributed by atoms with van der Waals surface area (Å²) in [6.07, 6.45) is 3.99. The molecule has 1 atom stereocenters. The molecule has 2 rings (SSSR count). The molecule has 1 aliphatic rings. The van der Waals surface area contributed by atoms with Gasteiger partial charge in [0.25, 0.3) is 0 Å². The van der Waals surface area contributed by atoms with E-state index in [4.69, 9.17) is 5.73 Å². The lowest BCUT2D eigenvalue weighted by molar-refractivity contribution is 0.404. The highest BCUT2D eigenvalue weighted by molar-refractivity contribution is 5.61. The van der Waals surface area contributed by atoms with Gasteiger partial charge in [0.15, 0.2) is 0 Å². The highest BCUT2D eigenvalue weighted by Crippen LogP contribution is 2.28. The molecule has 0 saturated carbocycles. The van der Waals surface area contributed by atoms with Crippen molar-refractivity contribution in [3.05, 3.63) is 23.8 Å². The molecule has 2 N–H and O–H groups in total. The molecule has 1 heterocycles. The summed E-state index contributed by atoms with van der Waals surface area (Å²) in [6.45, 7) is 6.84. The molecule has 0 bridgehead atoms. The second-order valence-corrected chi connectivity index (χ2v) is 4.91. The van der Waals surface area contributed by atoms with E-state index < -0.39 is 0 Å². The summed E-state index contributed by atoms with van der Waals surface area (Å²) in [7, 11) is 0. The predicted molar refractivity (Wildman–Crippen MR) is 70.8 cm³/mol. The summed E-state index contributed by atoms with van der Waals surface area (Å²) >= 11 is 0. The molecule has 1 unspecified atom stereocenters. The van der Waals surface area contributed by atoms with Crippen LogP contribution >= 0.6 is 0 Å². The van der Waals surface area contributed by atoms with Gasteiger partial charge in [0.2, 0.25) is 0 Å². The minimum atomic E-state index is 0.856. The topological polar surface area (TPSA) is 29.3 Å². The van der Waals surface area contributed by atoms with Gasteiger partial charge >= 0.3 is 0 Å². The largest absolute Gasteiger partial charge is 0.399 e. The van der Waals surface area contributed by atoms with Gasteiger partial charge in [-0.15, -0.1) is 0 Å². The molecule has 1 fully saturated rings.